The van der Waals surface area contributed by atoms with Crippen molar-refractivity contribution in [3.63, 3.8) is 0 Å². The Morgan fingerprint density at radius 3 is 0.759 bits per heavy atom. The van der Waals surface area contributed by atoms with Crippen molar-refractivity contribution in [2.45, 2.75) is 142 Å². The van der Waals surface area contributed by atoms with Crippen LogP contribution in [0.4, 0.5) is 0 Å². The van der Waals surface area contributed by atoms with Crippen LogP contribution in [0.25, 0.3) is 11.1 Å². The summed E-state index contributed by atoms with van der Waals surface area (Å²) in [5, 5.41) is 0. The number of rotatable bonds is 37. The number of quaternary nitrogens is 4. The third kappa shape index (κ3) is 26.2. The Morgan fingerprint density at radius 1 is 0.293 bits per heavy atom. The zero-order chi connectivity index (χ0) is 42.6. The summed E-state index contributed by atoms with van der Waals surface area (Å²) < 4.78 is 16.9. The number of hydrogen-bond donors (Lipinski definition) is 0. The Balaban J connectivity index is 1.53. The van der Waals surface area contributed by atoms with Crippen LogP contribution >= 0.6 is 0 Å². The molecule has 6 heteroatoms. The molecule has 0 atom stereocenters. The second kappa shape index (κ2) is 29.2. The van der Waals surface area contributed by atoms with Gasteiger partial charge in [-0.1, -0.05) is 63.8 Å². The van der Waals surface area contributed by atoms with Crippen LogP contribution in [-0.4, -0.2) is 140 Å². The molecule has 58 heavy (non-hydrogen) atoms. The molecule has 334 valence electrons. The average Bonchev–Trinajstić information content (AvgIpc) is 3.18. The van der Waals surface area contributed by atoms with Crippen LogP contribution in [0.1, 0.15) is 142 Å². The zero-order valence-corrected chi connectivity index (χ0v) is 40.4. The van der Waals surface area contributed by atoms with Crippen LogP contribution in [0.15, 0.2) is 48.5 Å². The fraction of sp³-hybridized carbons (Fsp3) is 0.769. The molecule has 2 rings (SSSR count). The van der Waals surface area contributed by atoms with Crippen LogP contribution in [0.5, 0.6) is 11.5 Å². The van der Waals surface area contributed by atoms with E-state index in [2.05, 4.69) is 119 Å². The molecule has 0 radical (unpaired) electrons. The van der Waals surface area contributed by atoms with Crippen molar-refractivity contribution in [2.24, 2.45) is 0 Å². The Morgan fingerprint density at radius 2 is 0.517 bits per heavy atom. The third-order valence-corrected chi connectivity index (χ3v) is 12.7. The molecule has 0 saturated heterocycles. The van der Waals surface area contributed by atoms with Gasteiger partial charge in [-0.25, -0.2) is 0 Å². The van der Waals surface area contributed by atoms with Crippen LogP contribution < -0.4 is 9.47 Å². The average molecular weight is 811 g/mol. The fourth-order valence-electron chi connectivity index (χ4n) is 8.40. The van der Waals surface area contributed by atoms with Gasteiger partial charge in [0.1, 0.15) is 11.5 Å². The van der Waals surface area contributed by atoms with Gasteiger partial charge < -0.3 is 27.4 Å². The van der Waals surface area contributed by atoms with Crippen molar-refractivity contribution < 1.29 is 27.4 Å². The van der Waals surface area contributed by atoms with E-state index in [4.69, 9.17) is 9.47 Å². The zero-order valence-electron chi connectivity index (χ0n) is 40.4. The molecule has 0 unspecified atom stereocenters. The molecule has 2 aromatic rings. The van der Waals surface area contributed by atoms with Crippen LogP contribution in [0.3, 0.4) is 0 Å². The van der Waals surface area contributed by atoms with Gasteiger partial charge in [-0.3, -0.25) is 0 Å². The largest absolute Gasteiger partial charge is 0.494 e. The summed E-state index contributed by atoms with van der Waals surface area (Å²) in [6.07, 6.45) is 26.5. The normalized spacial score (nSPS) is 12.7. The molecular formula is C52H98N4O2+4. The van der Waals surface area contributed by atoms with Crippen molar-refractivity contribution in [1.29, 1.82) is 0 Å². The highest BCUT2D eigenvalue weighted by Gasteiger charge is 2.18. The fourth-order valence-corrected chi connectivity index (χ4v) is 8.40. The highest BCUT2D eigenvalue weighted by atomic mass is 16.5. The van der Waals surface area contributed by atoms with Crippen molar-refractivity contribution in [3.8, 4) is 22.6 Å². The summed E-state index contributed by atoms with van der Waals surface area (Å²) in [5.41, 5.74) is 2.42. The maximum absolute atomic E-state index is 6.13. The predicted molar refractivity (Wildman–Crippen MR) is 254 cm³/mol. The lowest BCUT2D eigenvalue weighted by molar-refractivity contribution is -0.891. The summed E-state index contributed by atoms with van der Waals surface area (Å²) in [5.74, 6) is 1.92. The van der Waals surface area contributed by atoms with E-state index in [-0.39, 0.29) is 0 Å². The van der Waals surface area contributed by atoms with E-state index < -0.39 is 0 Å². The minimum absolute atomic E-state index is 0.784. The summed E-state index contributed by atoms with van der Waals surface area (Å²) >= 11 is 0. The molecule has 0 amide bonds. The smallest absolute Gasteiger partial charge is 0.119 e. The van der Waals surface area contributed by atoms with Gasteiger partial charge in [-0.15, -0.1) is 0 Å². The quantitative estimate of drug-likeness (QED) is 0.0500. The molecule has 0 aromatic heterocycles. The number of nitrogens with zero attached hydrogens (tertiary/aromatic N) is 4. The van der Waals surface area contributed by atoms with Crippen LogP contribution in [0, 0.1) is 0 Å². The minimum Gasteiger partial charge on any atom is -0.494 e. The molecular weight excluding hydrogens is 713 g/mol. The van der Waals surface area contributed by atoms with Gasteiger partial charge in [0.2, 0.25) is 0 Å². The number of benzene rings is 2. The molecule has 0 bridgehead atoms. The van der Waals surface area contributed by atoms with Crippen molar-refractivity contribution in [2.75, 3.05) is 122 Å². The summed E-state index contributed by atoms with van der Waals surface area (Å²) in [4.78, 5) is 0. The first-order valence-corrected chi connectivity index (χ1v) is 24.4. The van der Waals surface area contributed by atoms with Crippen molar-refractivity contribution >= 4 is 0 Å². The molecule has 0 saturated carbocycles. The van der Waals surface area contributed by atoms with Gasteiger partial charge in [0, 0.05) is 0 Å². The number of hydrogen-bond acceptors (Lipinski definition) is 2. The van der Waals surface area contributed by atoms with E-state index in [0.29, 0.717) is 0 Å². The van der Waals surface area contributed by atoms with E-state index in [0.717, 1.165) is 46.5 Å². The standard InChI is InChI=1S/C52H98N4O2/c1-11-13-15-21-39-53(3,4)41-23-17-19-25-43-55(7,8)45-27-29-47-57-51-35-31-49(32-36-51)50-33-37-52(38-34-50)58-48-30-28-46-56(9,10)44-26-20-18-24-42-54(5,6)40-22-16-14-12-2/h31-38H,11-30,39-48H2,1-10H3/q+4. The predicted octanol–water partition coefficient (Wildman–Crippen LogP) is 12.3. The van der Waals surface area contributed by atoms with E-state index in [1.54, 1.807) is 0 Å². The first kappa shape index (κ1) is 52.0. The maximum atomic E-state index is 6.13. The molecule has 0 heterocycles. The molecule has 0 fully saturated rings. The van der Waals surface area contributed by atoms with Crippen LogP contribution in [0.2, 0.25) is 0 Å². The van der Waals surface area contributed by atoms with Crippen molar-refractivity contribution in [3.05, 3.63) is 48.5 Å². The monoisotopic (exact) mass is 811 g/mol. The Bertz CT molecular complexity index is 1170. The molecule has 2 aromatic carbocycles. The van der Waals surface area contributed by atoms with Gasteiger partial charge in [-0.05, 0) is 138 Å². The van der Waals surface area contributed by atoms with Crippen LogP contribution in [-0.2, 0) is 0 Å². The number of unbranched alkanes of at least 4 members (excludes halogenated alkanes) is 14. The molecule has 0 aliphatic carbocycles. The Hall–Kier alpha value is -2.12. The minimum atomic E-state index is 0.784. The van der Waals surface area contributed by atoms with Gasteiger partial charge in [0.25, 0.3) is 0 Å². The Kier molecular flexibility index (Phi) is 26.2. The van der Waals surface area contributed by atoms with E-state index in [1.165, 1.54) is 188 Å². The molecule has 0 N–H and O–H groups in total. The van der Waals surface area contributed by atoms with Gasteiger partial charge in [0.05, 0.1) is 122 Å². The highest BCUT2D eigenvalue weighted by molar-refractivity contribution is 5.64. The van der Waals surface area contributed by atoms with E-state index in [1.807, 2.05) is 0 Å². The molecule has 0 aliphatic rings. The number of ether oxygens (including phenoxy) is 2. The first-order valence-electron chi connectivity index (χ1n) is 24.4. The second-order valence-corrected chi connectivity index (χ2v) is 20.6. The second-order valence-electron chi connectivity index (χ2n) is 20.6. The SMILES string of the molecule is CCCCCC[N+](C)(C)CCCCCC[N+](C)(C)CCCCOc1ccc(-c2ccc(OCCCC[N+](C)(C)CCCCCC[N+](C)(C)CCCCCC)cc2)cc1. The third-order valence-electron chi connectivity index (χ3n) is 12.7. The first-order chi connectivity index (χ1) is 27.7. The molecule has 6 nitrogen and oxygen atoms in total. The van der Waals surface area contributed by atoms with E-state index >= 15 is 0 Å². The topological polar surface area (TPSA) is 18.5 Å². The molecule has 0 spiro atoms. The summed E-state index contributed by atoms with van der Waals surface area (Å²) in [7, 11) is 19.3. The van der Waals surface area contributed by atoms with Crippen molar-refractivity contribution in [1.82, 2.24) is 0 Å². The van der Waals surface area contributed by atoms with Gasteiger partial charge >= 0.3 is 0 Å². The van der Waals surface area contributed by atoms with Gasteiger partial charge in [0.15, 0.2) is 0 Å². The van der Waals surface area contributed by atoms with E-state index in [9.17, 15) is 0 Å². The van der Waals surface area contributed by atoms with Gasteiger partial charge in [-0.2, -0.15) is 0 Å². The summed E-state index contributed by atoms with van der Waals surface area (Å²) in [6.45, 7) is 16.5. The highest BCUT2D eigenvalue weighted by Crippen LogP contribution is 2.25. The molecule has 0 aliphatic heterocycles. The summed E-state index contributed by atoms with van der Waals surface area (Å²) in [6, 6.07) is 17.2. The lowest BCUT2D eigenvalue weighted by Gasteiger charge is -2.31. The maximum Gasteiger partial charge on any atom is 0.119 e. The lowest BCUT2D eigenvalue weighted by atomic mass is 10.1. The Labute approximate surface area is 361 Å². The lowest BCUT2D eigenvalue weighted by Crippen LogP contribution is -2.41.